The molecule has 0 saturated heterocycles. The van der Waals surface area contributed by atoms with Gasteiger partial charge in [0.05, 0.1) is 5.69 Å². The topological polar surface area (TPSA) is 43.3 Å². The van der Waals surface area contributed by atoms with Gasteiger partial charge in [0, 0.05) is 28.8 Å². The summed E-state index contributed by atoms with van der Waals surface area (Å²) in [7, 11) is 0. The summed E-state index contributed by atoms with van der Waals surface area (Å²) in [6.07, 6.45) is 5.99. The van der Waals surface area contributed by atoms with Crippen LogP contribution in [0.5, 0.6) is 0 Å². The fourth-order valence-corrected chi connectivity index (χ4v) is 4.51. The maximum atomic E-state index is 5.73. The van der Waals surface area contributed by atoms with Crippen molar-refractivity contribution in [2.75, 3.05) is 6.54 Å². The lowest BCUT2D eigenvalue weighted by Crippen LogP contribution is -2.05. The molecular formula is C18H21N3S. The van der Waals surface area contributed by atoms with E-state index in [2.05, 4.69) is 34.9 Å². The van der Waals surface area contributed by atoms with Gasteiger partial charge >= 0.3 is 0 Å². The number of nitrogens with zero attached hydrogens (tertiary/aromatic N) is 2. The molecule has 0 unspecified atom stereocenters. The zero-order valence-corrected chi connectivity index (χ0v) is 13.7. The molecule has 4 rings (SSSR count). The van der Waals surface area contributed by atoms with Crippen LogP contribution in [0, 0.1) is 6.92 Å². The van der Waals surface area contributed by atoms with Gasteiger partial charge in [0.15, 0.2) is 4.96 Å². The Morgan fingerprint density at radius 1 is 1.23 bits per heavy atom. The van der Waals surface area contributed by atoms with E-state index in [4.69, 9.17) is 10.7 Å². The number of imidazole rings is 1. The summed E-state index contributed by atoms with van der Waals surface area (Å²) in [5.74, 6) is 0. The summed E-state index contributed by atoms with van der Waals surface area (Å²) < 4.78 is 2.27. The van der Waals surface area contributed by atoms with Crippen LogP contribution in [0.3, 0.4) is 0 Å². The molecule has 0 atom stereocenters. The van der Waals surface area contributed by atoms with Crippen molar-refractivity contribution in [2.24, 2.45) is 5.73 Å². The van der Waals surface area contributed by atoms with Crippen LogP contribution in [-0.4, -0.2) is 15.9 Å². The van der Waals surface area contributed by atoms with E-state index in [9.17, 15) is 0 Å². The average molecular weight is 311 g/mol. The molecule has 2 N–H and O–H groups in total. The number of hydrogen-bond acceptors (Lipinski definition) is 3. The summed E-state index contributed by atoms with van der Waals surface area (Å²) in [5, 5.41) is 2.18. The maximum Gasteiger partial charge on any atom is 0.194 e. The van der Waals surface area contributed by atoms with E-state index in [1.54, 1.807) is 11.3 Å². The van der Waals surface area contributed by atoms with Gasteiger partial charge in [-0.1, -0.05) is 12.1 Å². The Hall–Kier alpha value is -1.65. The van der Waals surface area contributed by atoms with Crippen molar-refractivity contribution >= 4 is 16.3 Å². The highest BCUT2D eigenvalue weighted by Crippen LogP contribution is 2.31. The Morgan fingerprint density at radius 2 is 2.05 bits per heavy atom. The number of benzene rings is 1. The van der Waals surface area contributed by atoms with Gasteiger partial charge in [0.25, 0.3) is 0 Å². The normalized spacial score (nSPS) is 14.5. The van der Waals surface area contributed by atoms with E-state index >= 15 is 0 Å². The van der Waals surface area contributed by atoms with Crippen LogP contribution in [0.4, 0.5) is 0 Å². The quantitative estimate of drug-likeness (QED) is 0.800. The van der Waals surface area contributed by atoms with Gasteiger partial charge in [0.2, 0.25) is 0 Å². The minimum Gasteiger partial charge on any atom is -0.330 e. The van der Waals surface area contributed by atoms with Gasteiger partial charge in [-0.2, -0.15) is 0 Å². The first-order valence-electron chi connectivity index (χ1n) is 8.05. The van der Waals surface area contributed by atoms with Crippen molar-refractivity contribution in [1.29, 1.82) is 0 Å². The smallest absolute Gasteiger partial charge is 0.194 e. The van der Waals surface area contributed by atoms with Gasteiger partial charge in [-0.05, 0) is 56.3 Å². The minimum atomic E-state index is 0.678. The third-order valence-corrected chi connectivity index (χ3v) is 5.56. The lowest BCUT2D eigenvalue weighted by atomic mass is 9.90. The Labute approximate surface area is 134 Å². The molecule has 0 spiro atoms. The molecule has 22 heavy (non-hydrogen) atoms. The van der Waals surface area contributed by atoms with E-state index in [0.717, 1.165) is 17.1 Å². The van der Waals surface area contributed by atoms with Crippen LogP contribution in [0.25, 0.3) is 16.2 Å². The number of aryl methyl sites for hydroxylation is 3. The Morgan fingerprint density at radius 3 is 2.86 bits per heavy atom. The second-order valence-corrected chi connectivity index (χ2v) is 6.96. The maximum absolute atomic E-state index is 5.73. The molecule has 0 fully saturated rings. The predicted octanol–water partition coefficient (Wildman–Crippen LogP) is 3.75. The SMILES string of the molecule is Cc1c(-c2ccc3c(c2)CCCC3)nc2scc(CCN)n12. The molecule has 4 heteroatoms. The van der Waals surface area contributed by atoms with Crippen LogP contribution in [0.2, 0.25) is 0 Å². The van der Waals surface area contributed by atoms with E-state index in [1.807, 2.05) is 0 Å². The molecule has 0 amide bonds. The first kappa shape index (κ1) is 14.0. The highest BCUT2D eigenvalue weighted by atomic mass is 32.1. The minimum absolute atomic E-state index is 0.678. The van der Waals surface area contributed by atoms with Gasteiger partial charge in [0.1, 0.15) is 0 Å². The number of rotatable bonds is 3. The summed E-state index contributed by atoms with van der Waals surface area (Å²) in [4.78, 5) is 5.95. The van der Waals surface area contributed by atoms with Crippen LogP contribution >= 0.6 is 11.3 Å². The van der Waals surface area contributed by atoms with Crippen molar-refractivity contribution in [3.63, 3.8) is 0 Å². The Balaban J connectivity index is 1.82. The monoisotopic (exact) mass is 311 g/mol. The van der Waals surface area contributed by atoms with Crippen LogP contribution in [0.1, 0.15) is 35.4 Å². The summed E-state index contributed by atoms with van der Waals surface area (Å²) in [6, 6.07) is 6.90. The molecule has 3 nitrogen and oxygen atoms in total. The van der Waals surface area contributed by atoms with Crippen LogP contribution in [0.15, 0.2) is 23.6 Å². The van der Waals surface area contributed by atoms with E-state index in [-0.39, 0.29) is 0 Å². The van der Waals surface area contributed by atoms with Crippen molar-refractivity contribution in [3.05, 3.63) is 46.1 Å². The van der Waals surface area contributed by atoms with Crippen LogP contribution in [-0.2, 0) is 19.3 Å². The molecule has 114 valence electrons. The third-order valence-electron chi connectivity index (χ3n) is 4.69. The standard InChI is InChI=1S/C18H21N3S/c1-12-17(20-18-21(12)16(8-9-19)11-22-18)15-7-6-13-4-2-3-5-14(13)10-15/h6-7,10-11H,2-5,8-9,19H2,1H3. The first-order chi connectivity index (χ1) is 10.8. The second-order valence-electron chi connectivity index (χ2n) is 6.12. The molecule has 3 aromatic rings. The third kappa shape index (κ3) is 2.18. The van der Waals surface area contributed by atoms with Gasteiger partial charge < -0.3 is 5.73 Å². The molecule has 0 radical (unpaired) electrons. The van der Waals surface area contributed by atoms with Crippen molar-refractivity contribution in [1.82, 2.24) is 9.38 Å². The number of fused-ring (bicyclic) bond motifs is 2. The van der Waals surface area contributed by atoms with Gasteiger partial charge in [-0.3, -0.25) is 4.40 Å². The van der Waals surface area contributed by atoms with E-state index < -0.39 is 0 Å². The van der Waals surface area contributed by atoms with Gasteiger partial charge in [-0.25, -0.2) is 4.98 Å². The molecule has 1 aliphatic carbocycles. The number of hydrogen-bond donors (Lipinski definition) is 1. The largest absolute Gasteiger partial charge is 0.330 e. The molecule has 2 heterocycles. The summed E-state index contributed by atoms with van der Waals surface area (Å²) in [6.45, 7) is 2.85. The van der Waals surface area contributed by atoms with Crippen LogP contribution < -0.4 is 5.73 Å². The Kier molecular flexibility index (Phi) is 3.51. The molecular weight excluding hydrogens is 290 g/mol. The zero-order chi connectivity index (χ0) is 15.1. The highest BCUT2D eigenvalue weighted by Gasteiger charge is 2.16. The zero-order valence-electron chi connectivity index (χ0n) is 12.9. The summed E-state index contributed by atoms with van der Waals surface area (Å²) in [5.41, 5.74) is 13.7. The molecule has 0 saturated carbocycles. The van der Waals surface area contributed by atoms with E-state index in [0.29, 0.717) is 6.54 Å². The lowest BCUT2D eigenvalue weighted by molar-refractivity contribution is 0.686. The average Bonchev–Trinajstić information content (AvgIpc) is 3.08. The highest BCUT2D eigenvalue weighted by molar-refractivity contribution is 7.15. The molecule has 2 aromatic heterocycles. The van der Waals surface area contributed by atoms with Crippen molar-refractivity contribution in [3.8, 4) is 11.3 Å². The van der Waals surface area contributed by atoms with Gasteiger partial charge in [-0.15, -0.1) is 11.3 Å². The molecule has 0 aliphatic heterocycles. The molecule has 0 bridgehead atoms. The number of nitrogens with two attached hydrogens (primary N) is 1. The fraction of sp³-hybridized carbons (Fsp3) is 0.389. The van der Waals surface area contributed by atoms with Crippen molar-refractivity contribution in [2.45, 2.75) is 39.0 Å². The lowest BCUT2D eigenvalue weighted by Gasteiger charge is -2.16. The first-order valence-corrected chi connectivity index (χ1v) is 8.93. The van der Waals surface area contributed by atoms with E-state index in [1.165, 1.54) is 53.8 Å². The fourth-order valence-electron chi connectivity index (χ4n) is 3.54. The van der Waals surface area contributed by atoms with Crippen molar-refractivity contribution < 1.29 is 0 Å². The number of thiazole rings is 1. The Bertz CT molecular complexity index is 828. The summed E-state index contributed by atoms with van der Waals surface area (Å²) >= 11 is 1.71. The molecule has 1 aromatic carbocycles. The second kappa shape index (κ2) is 5.52. The number of aromatic nitrogens is 2. The molecule has 1 aliphatic rings. The predicted molar refractivity (Wildman–Crippen MR) is 92.6 cm³/mol.